The first-order valence-electron chi connectivity index (χ1n) is 12.1. The number of aliphatic carboxylic acids is 1. The third-order valence-electron chi connectivity index (χ3n) is 5.84. The summed E-state index contributed by atoms with van der Waals surface area (Å²) in [4.78, 5) is 53.8. The number of aromatic amines is 1. The number of amides is 3. The Hall–Kier alpha value is -2.70. The van der Waals surface area contributed by atoms with E-state index in [-0.39, 0.29) is 18.1 Å². The largest absolute Gasteiger partial charge is 0.480 e. The molecule has 12 heteroatoms. The van der Waals surface area contributed by atoms with Gasteiger partial charge >= 0.3 is 5.97 Å². The highest BCUT2D eigenvalue weighted by Gasteiger charge is 2.31. The van der Waals surface area contributed by atoms with E-state index >= 15 is 0 Å². The minimum Gasteiger partial charge on any atom is -0.480 e. The normalized spacial score (nSPS) is 14.5. The SMILES string of the molecule is CSCCC(N)C(=O)NC(CC(C)C)C(=O)NC(Cc1c[nH]c2ccccc12)C(=O)NC(CS)C(=O)O. The molecule has 4 unspecified atom stereocenters. The van der Waals surface area contributed by atoms with Crippen molar-refractivity contribution in [2.24, 2.45) is 11.7 Å². The number of nitrogens with two attached hydrogens (primary N) is 1. The van der Waals surface area contributed by atoms with Crippen molar-refractivity contribution in [1.82, 2.24) is 20.9 Å². The lowest BCUT2D eigenvalue weighted by Gasteiger charge is -2.26. The number of thiol groups is 1. The minimum atomic E-state index is -1.23. The van der Waals surface area contributed by atoms with Crippen LogP contribution < -0.4 is 21.7 Å². The Morgan fingerprint density at radius 1 is 1.03 bits per heavy atom. The van der Waals surface area contributed by atoms with Gasteiger partial charge in [-0.15, -0.1) is 0 Å². The van der Waals surface area contributed by atoms with Gasteiger partial charge in [-0.2, -0.15) is 24.4 Å². The second-order valence-corrected chi connectivity index (χ2v) is 10.6. The maximum absolute atomic E-state index is 13.4. The van der Waals surface area contributed by atoms with E-state index in [1.165, 1.54) is 0 Å². The lowest BCUT2D eigenvalue weighted by Crippen LogP contribution is -2.58. The molecule has 0 saturated carbocycles. The van der Waals surface area contributed by atoms with Gasteiger partial charge < -0.3 is 31.8 Å². The molecule has 2 aromatic rings. The van der Waals surface area contributed by atoms with Gasteiger partial charge in [0.1, 0.15) is 18.1 Å². The first kappa shape index (κ1) is 30.5. The van der Waals surface area contributed by atoms with Gasteiger partial charge in [-0.05, 0) is 42.4 Å². The summed E-state index contributed by atoms with van der Waals surface area (Å²) < 4.78 is 0. The average Bonchev–Trinajstić information content (AvgIpc) is 3.26. The van der Waals surface area contributed by atoms with Crippen LogP contribution in [-0.4, -0.2) is 75.7 Å². The van der Waals surface area contributed by atoms with Crippen LogP contribution in [0.2, 0.25) is 0 Å². The Bertz CT molecular complexity index is 1080. The molecule has 204 valence electrons. The van der Waals surface area contributed by atoms with Crippen molar-refractivity contribution in [2.75, 3.05) is 17.8 Å². The van der Waals surface area contributed by atoms with E-state index < -0.39 is 47.9 Å². The fourth-order valence-electron chi connectivity index (χ4n) is 3.82. The Kier molecular flexibility index (Phi) is 12.3. The molecule has 7 N–H and O–H groups in total. The molecule has 1 heterocycles. The number of benzene rings is 1. The van der Waals surface area contributed by atoms with Crippen LogP contribution in [0.3, 0.4) is 0 Å². The third-order valence-corrected chi connectivity index (χ3v) is 6.85. The van der Waals surface area contributed by atoms with Crippen molar-refractivity contribution in [3.63, 3.8) is 0 Å². The molecule has 0 aliphatic heterocycles. The summed E-state index contributed by atoms with van der Waals surface area (Å²) in [5.74, 6) is -2.21. The molecule has 0 bridgehead atoms. The number of rotatable bonds is 15. The smallest absolute Gasteiger partial charge is 0.327 e. The third kappa shape index (κ3) is 9.28. The van der Waals surface area contributed by atoms with E-state index in [1.807, 2.05) is 44.4 Å². The van der Waals surface area contributed by atoms with Crippen molar-refractivity contribution in [1.29, 1.82) is 0 Å². The predicted octanol–water partition coefficient (Wildman–Crippen LogP) is 1.31. The van der Waals surface area contributed by atoms with Crippen LogP contribution in [0.15, 0.2) is 30.5 Å². The summed E-state index contributed by atoms with van der Waals surface area (Å²) in [6.45, 7) is 3.83. The molecule has 2 rings (SSSR count). The first-order valence-corrected chi connectivity index (χ1v) is 14.1. The van der Waals surface area contributed by atoms with Crippen LogP contribution in [-0.2, 0) is 25.6 Å². The van der Waals surface area contributed by atoms with Gasteiger partial charge in [-0.3, -0.25) is 14.4 Å². The van der Waals surface area contributed by atoms with E-state index in [2.05, 4.69) is 33.6 Å². The van der Waals surface area contributed by atoms with Crippen LogP contribution in [0.4, 0.5) is 0 Å². The predicted molar refractivity (Wildman–Crippen MR) is 150 cm³/mol. The number of carbonyl (C=O) groups excluding carboxylic acids is 3. The molecule has 0 saturated heterocycles. The molecular formula is C25H37N5O5S2. The molecule has 4 atom stereocenters. The van der Waals surface area contributed by atoms with Gasteiger partial charge in [-0.1, -0.05) is 32.0 Å². The maximum Gasteiger partial charge on any atom is 0.327 e. The van der Waals surface area contributed by atoms with Crippen LogP contribution >= 0.6 is 24.4 Å². The highest BCUT2D eigenvalue weighted by Crippen LogP contribution is 2.19. The van der Waals surface area contributed by atoms with Crippen molar-refractivity contribution >= 4 is 59.0 Å². The summed E-state index contributed by atoms with van der Waals surface area (Å²) in [6, 6.07) is 3.54. The summed E-state index contributed by atoms with van der Waals surface area (Å²) in [5, 5.41) is 18.2. The summed E-state index contributed by atoms with van der Waals surface area (Å²) in [6.07, 6.45) is 4.58. The molecule has 0 spiro atoms. The number of carboxylic acids is 1. The molecule has 0 aliphatic carbocycles. The molecule has 0 aliphatic rings. The number of carbonyl (C=O) groups is 4. The van der Waals surface area contributed by atoms with E-state index in [0.29, 0.717) is 18.6 Å². The van der Waals surface area contributed by atoms with E-state index in [0.717, 1.165) is 16.5 Å². The lowest BCUT2D eigenvalue weighted by atomic mass is 10.00. The van der Waals surface area contributed by atoms with E-state index in [9.17, 15) is 24.3 Å². The first-order chi connectivity index (χ1) is 17.6. The van der Waals surface area contributed by atoms with Gasteiger partial charge in [-0.25, -0.2) is 4.79 Å². The summed E-state index contributed by atoms with van der Waals surface area (Å²) in [5.41, 5.74) is 7.63. The quantitative estimate of drug-likeness (QED) is 0.164. The maximum atomic E-state index is 13.4. The zero-order valence-electron chi connectivity index (χ0n) is 21.3. The summed E-state index contributed by atoms with van der Waals surface area (Å²) in [7, 11) is 0. The molecular weight excluding hydrogens is 514 g/mol. The van der Waals surface area contributed by atoms with Crippen molar-refractivity contribution in [3.05, 3.63) is 36.0 Å². The van der Waals surface area contributed by atoms with Crippen molar-refractivity contribution in [2.45, 2.75) is 57.3 Å². The Morgan fingerprint density at radius 3 is 2.27 bits per heavy atom. The van der Waals surface area contributed by atoms with Crippen LogP contribution in [0.5, 0.6) is 0 Å². The zero-order valence-corrected chi connectivity index (χ0v) is 23.0. The van der Waals surface area contributed by atoms with Gasteiger partial charge in [0.15, 0.2) is 0 Å². The van der Waals surface area contributed by atoms with E-state index in [4.69, 9.17) is 5.73 Å². The van der Waals surface area contributed by atoms with Crippen LogP contribution in [0, 0.1) is 5.92 Å². The number of hydrogen-bond acceptors (Lipinski definition) is 7. The Labute approximate surface area is 226 Å². The molecule has 3 amide bonds. The highest BCUT2D eigenvalue weighted by atomic mass is 32.2. The molecule has 37 heavy (non-hydrogen) atoms. The fraction of sp³-hybridized carbons (Fsp3) is 0.520. The average molecular weight is 552 g/mol. The number of H-pyrrole nitrogens is 1. The second-order valence-electron chi connectivity index (χ2n) is 9.29. The van der Waals surface area contributed by atoms with Gasteiger partial charge in [0.05, 0.1) is 6.04 Å². The zero-order chi connectivity index (χ0) is 27.5. The number of aromatic nitrogens is 1. The topological polar surface area (TPSA) is 166 Å². The number of carboxylic acid groups (broad SMARTS) is 1. The van der Waals surface area contributed by atoms with Gasteiger partial charge in [0.2, 0.25) is 17.7 Å². The minimum absolute atomic E-state index is 0.0694. The fourth-order valence-corrected chi connectivity index (χ4v) is 4.55. The molecule has 1 aromatic heterocycles. The Morgan fingerprint density at radius 2 is 1.65 bits per heavy atom. The number of hydrogen-bond donors (Lipinski definition) is 7. The monoisotopic (exact) mass is 551 g/mol. The van der Waals surface area contributed by atoms with Gasteiger partial charge in [0.25, 0.3) is 0 Å². The number of nitrogens with one attached hydrogen (secondary N) is 4. The highest BCUT2D eigenvalue weighted by molar-refractivity contribution is 7.98. The molecule has 0 radical (unpaired) electrons. The second kappa shape index (κ2) is 14.9. The van der Waals surface area contributed by atoms with E-state index in [1.54, 1.807) is 18.0 Å². The number of thioether (sulfide) groups is 1. The van der Waals surface area contributed by atoms with Crippen LogP contribution in [0.1, 0.15) is 32.3 Å². The number of para-hydroxylation sites is 1. The van der Waals surface area contributed by atoms with Crippen molar-refractivity contribution in [3.8, 4) is 0 Å². The van der Waals surface area contributed by atoms with Gasteiger partial charge in [0, 0.05) is 29.3 Å². The Balaban J connectivity index is 2.27. The number of fused-ring (bicyclic) bond motifs is 1. The molecule has 0 fully saturated rings. The lowest BCUT2D eigenvalue weighted by molar-refractivity contribution is -0.141. The molecule has 10 nitrogen and oxygen atoms in total. The van der Waals surface area contributed by atoms with Crippen LogP contribution in [0.25, 0.3) is 10.9 Å². The standard InChI is InChI=1S/C25H37N5O5S2/c1-14(2)10-19(28-22(31)17(26)8-9-37-3)23(32)29-20(24(33)30-21(13-36)25(34)35)11-15-12-27-18-7-5-4-6-16(15)18/h4-7,12,14,17,19-21,27,36H,8-11,13,26H2,1-3H3,(H,28,31)(H,29,32)(H,30,33)(H,34,35). The summed E-state index contributed by atoms with van der Waals surface area (Å²) >= 11 is 5.58. The molecule has 1 aromatic carbocycles. The van der Waals surface area contributed by atoms with Crippen molar-refractivity contribution < 1.29 is 24.3 Å².